The van der Waals surface area contributed by atoms with Crippen LogP contribution in [0.1, 0.15) is 19.4 Å². The Bertz CT molecular complexity index is 522. The maximum atomic E-state index is 11.0. The highest BCUT2D eigenvalue weighted by Gasteiger charge is 2.13. The number of carboxylic acid groups (broad SMARTS) is 1. The van der Waals surface area contributed by atoms with E-state index < -0.39 is 11.9 Å². The number of ether oxygens (including phenoxy) is 2. The van der Waals surface area contributed by atoms with Gasteiger partial charge in [-0.15, -0.1) is 0 Å². The predicted molar refractivity (Wildman–Crippen MR) is 73.3 cm³/mol. The molecule has 1 aromatic carbocycles. The molecule has 1 aromatic rings. The van der Waals surface area contributed by atoms with Crippen molar-refractivity contribution in [3.05, 3.63) is 28.2 Å². The summed E-state index contributed by atoms with van der Waals surface area (Å²) in [5.41, 5.74) is 0.619. The van der Waals surface area contributed by atoms with Crippen molar-refractivity contribution in [3.8, 4) is 11.5 Å². The third kappa shape index (κ3) is 4.75. The first-order chi connectivity index (χ1) is 8.93. The molecule has 0 unspecified atom stereocenters. The summed E-state index contributed by atoms with van der Waals surface area (Å²) < 4.78 is 10.9. The molecule has 0 aliphatic carbocycles. The van der Waals surface area contributed by atoms with Gasteiger partial charge in [0.15, 0.2) is 11.5 Å². The Morgan fingerprint density at radius 3 is 2.63 bits per heavy atom. The Hall–Kier alpha value is -1.82. The van der Waals surface area contributed by atoms with Crippen molar-refractivity contribution in [1.82, 2.24) is 0 Å². The molecule has 102 valence electrons. The molecule has 5 nitrogen and oxygen atoms in total. The normalized spacial score (nSPS) is 10.5. The van der Waals surface area contributed by atoms with E-state index in [-0.39, 0.29) is 5.75 Å². The molecular formula is C13H13BrO5. The van der Waals surface area contributed by atoms with Gasteiger partial charge in [0, 0.05) is 13.0 Å². The lowest BCUT2D eigenvalue weighted by Gasteiger charge is -2.12. The molecule has 19 heavy (non-hydrogen) atoms. The molecule has 0 radical (unpaired) electrons. The number of hydrogen-bond acceptors (Lipinski definition) is 4. The van der Waals surface area contributed by atoms with Crippen molar-refractivity contribution < 1.29 is 24.2 Å². The summed E-state index contributed by atoms with van der Waals surface area (Å²) in [6.07, 6.45) is 2.44. The summed E-state index contributed by atoms with van der Waals surface area (Å²) in [6, 6.07) is 3.24. The van der Waals surface area contributed by atoms with Gasteiger partial charge >= 0.3 is 11.9 Å². The number of halogens is 1. The van der Waals surface area contributed by atoms with Crippen LogP contribution in [0.15, 0.2) is 22.7 Å². The van der Waals surface area contributed by atoms with Crippen LogP contribution < -0.4 is 9.47 Å². The van der Waals surface area contributed by atoms with Gasteiger partial charge in [0.2, 0.25) is 0 Å². The third-order valence-electron chi connectivity index (χ3n) is 2.00. The van der Waals surface area contributed by atoms with Crippen molar-refractivity contribution >= 4 is 33.9 Å². The first-order valence-electron chi connectivity index (χ1n) is 5.49. The highest BCUT2D eigenvalue weighted by atomic mass is 79.9. The van der Waals surface area contributed by atoms with Crippen LogP contribution in [0, 0.1) is 0 Å². The minimum atomic E-state index is -1.04. The molecule has 0 atom stereocenters. The smallest absolute Gasteiger partial charge is 0.328 e. The first-order valence-corrected chi connectivity index (χ1v) is 6.29. The van der Waals surface area contributed by atoms with Crippen LogP contribution in [0.5, 0.6) is 11.5 Å². The summed E-state index contributed by atoms with van der Waals surface area (Å²) in [6.45, 7) is 3.48. The van der Waals surface area contributed by atoms with E-state index in [4.69, 9.17) is 14.6 Å². The second-order valence-electron chi connectivity index (χ2n) is 3.53. The molecule has 1 N–H and O–H groups in total. The molecule has 0 fully saturated rings. The largest absolute Gasteiger partial charge is 0.490 e. The molecule has 0 spiro atoms. The molecule has 0 aromatic heterocycles. The van der Waals surface area contributed by atoms with Gasteiger partial charge in [-0.3, -0.25) is 4.79 Å². The van der Waals surface area contributed by atoms with E-state index in [1.807, 2.05) is 0 Å². The van der Waals surface area contributed by atoms with Crippen molar-refractivity contribution in [3.63, 3.8) is 0 Å². The van der Waals surface area contributed by atoms with E-state index in [0.717, 1.165) is 6.08 Å². The summed E-state index contributed by atoms with van der Waals surface area (Å²) in [7, 11) is 0. The van der Waals surface area contributed by atoms with Crippen LogP contribution in [0.3, 0.4) is 0 Å². The minimum Gasteiger partial charge on any atom is -0.490 e. The summed E-state index contributed by atoms with van der Waals surface area (Å²) in [5.74, 6) is -0.854. The Morgan fingerprint density at radius 1 is 1.42 bits per heavy atom. The maximum absolute atomic E-state index is 11.0. The van der Waals surface area contributed by atoms with Gasteiger partial charge in [-0.05, 0) is 46.6 Å². The van der Waals surface area contributed by atoms with Crippen LogP contribution >= 0.6 is 15.9 Å². The highest BCUT2D eigenvalue weighted by Crippen LogP contribution is 2.37. The number of esters is 1. The number of carbonyl (C=O) groups is 2. The lowest BCUT2D eigenvalue weighted by atomic mass is 10.2. The highest BCUT2D eigenvalue weighted by molar-refractivity contribution is 9.10. The van der Waals surface area contributed by atoms with Gasteiger partial charge in [0.25, 0.3) is 0 Å². The zero-order chi connectivity index (χ0) is 14.4. The van der Waals surface area contributed by atoms with Gasteiger partial charge in [-0.25, -0.2) is 4.79 Å². The lowest BCUT2D eigenvalue weighted by molar-refractivity contribution is -0.132. The number of aliphatic carboxylic acids is 1. The van der Waals surface area contributed by atoms with Crippen LogP contribution in [-0.4, -0.2) is 23.7 Å². The fourth-order valence-corrected chi connectivity index (χ4v) is 1.90. The molecule has 0 saturated heterocycles. The van der Waals surface area contributed by atoms with E-state index in [9.17, 15) is 9.59 Å². The van der Waals surface area contributed by atoms with Crippen LogP contribution in [0.25, 0.3) is 6.08 Å². The number of hydrogen-bond donors (Lipinski definition) is 1. The summed E-state index contributed by atoms with van der Waals surface area (Å²) in [5, 5.41) is 8.59. The van der Waals surface area contributed by atoms with Crippen molar-refractivity contribution in [2.45, 2.75) is 13.8 Å². The van der Waals surface area contributed by atoms with Crippen molar-refractivity contribution in [2.75, 3.05) is 6.61 Å². The zero-order valence-corrected chi connectivity index (χ0v) is 12.1. The van der Waals surface area contributed by atoms with Crippen LogP contribution in [0.2, 0.25) is 0 Å². The molecule has 0 heterocycles. The van der Waals surface area contributed by atoms with Crippen LogP contribution in [0.4, 0.5) is 0 Å². The van der Waals surface area contributed by atoms with Gasteiger partial charge in [0.1, 0.15) is 0 Å². The van der Waals surface area contributed by atoms with E-state index in [1.54, 1.807) is 19.1 Å². The molecule has 6 heteroatoms. The van der Waals surface area contributed by atoms with E-state index in [1.165, 1.54) is 13.0 Å². The molecule has 0 aliphatic rings. The third-order valence-corrected chi connectivity index (χ3v) is 2.58. The van der Waals surface area contributed by atoms with Crippen molar-refractivity contribution in [2.24, 2.45) is 0 Å². The number of carbonyl (C=O) groups excluding carboxylic acids is 1. The lowest BCUT2D eigenvalue weighted by Crippen LogP contribution is -2.05. The van der Waals surface area contributed by atoms with E-state index in [0.29, 0.717) is 22.4 Å². The van der Waals surface area contributed by atoms with Crippen LogP contribution in [-0.2, 0) is 9.59 Å². The Balaban J connectivity index is 3.19. The monoisotopic (exact) mass is 328 g/mol. The number of benzene rings is 1. The van der Waals surface area contributed by atoms with Gasteiger partial charge in [-0.2, -0.15) is 0 Å². The average Bonchev–Trinajstić information content (AvgIpc) is 2.31. The fraction of sp³-hybridized carbons (Fsp3) is 0.231. The van der Waals surface area contributed by atoms with E-state index in [2.05, 4.69) is 15.9 Å². The predicted octanol–water partition coefficient (Wildman–Crippen LogP) is 2.87. The fourth-order valence-electron chi connectivity index (χ4n) is 1.36. The average molecular weight is 329 g/mol. The first kappa shape index (κ1) is 15.2. The zero-order valence-electron chi connectivity index (χ0n) is 10.5. The topological polar surface area (TPSA) is 72.8 Å². The van der Waals surface area contributed by atoms with E-state index >= 15 is 0 Å². The molecular weight excluding hydrogens is 316 g/mol. The summed E-state index contributed by atoms with van der Waals surface area (Å²) >= 11 is 3.26. The molecule has 0 aliphatic heterocycles. The SMILES string of the molecule is CCOc1cc(C=CC(=O)O)cc(Br)c1OC(C)=O. The molecule has 0 saturated carbocycles. The second-order valence-corrected chi connectivity index (χ2v) is 4.38. The quantitative estimate of drug-likeness (QED) is 0.511. The Kier molecular flexibility index (Phi) is 5.57. The Labute approximate surface area is 119 Å². The van der Waals surface area contributed by atoms with Crippen molar-refractivity contribution in [1.29, 1.82) is 0 Å². The van der Waals surface area contributed by atoms with Gasteiger partial charge in [-0.1, -0.05) is 0 Å². The standard InChI is InChI=1S/C13H13BrO5/c1-3-18-11-7-9(4-5-12(16)17)6-10(14)13(11)19-8(2)15/h4-7H,3H2,1-2H3,(H,16,17). The maximum Gasteiger partial charge on any atom is 0.328 e. The number of carboxylic acids is 1. The molecule has 1 rings (SSSR count). The second kappa shape index (κ2) is 6.94. The molecule has 0 bridgehead atoms. The van der Waals surface area contributed by atoms with Gasteiger partial charge < -0.3 is 14.6 Å². The minimum absolute atomic E-state index is 0.279. The van der Waals surface area contributed by atoms with Gasteiger partial charge in [0.05, 0.1) is 11.1 Å². The summed E-state index contributed by atoms with van der Waals surface area (Å²) in [4.78, 5) is 21.5. The molecule has 0 amide bonds. The Morgan fingerprint density at radius 2 is 2.11 bits per heavy atom. The number of rotatable bonds is 5.